The van der Waals surface area contributed by atoms with Crippen LogP contribution in [0, 0.1) is 0 Å². The Bertz CT molecular complexity index is 449. The molecule has 0 radical (unpaired) electrons. The molecule has 0 aliphatic heterocycles. The molecule has 5 heteroatoms. The average Bonchev–Trinajstić information content (AvgIpc) is 2.38. The van der Waals surface area contributed by atoms with Crippen molar-refractivity contribution in [3.8, 4) is 0 Å². The molecule has 0 aromatic heterocycles. The van der Waals surface area contributed by atoms with Crippen molar-refractivity contribution in [2.45, 2.75) is 33.1 Å². The third-order valence-electron chi connectivity index (χ3n) is 2.92. The number of hydrogen-bond donors (Lipinski definition) is 0. The van der Waals surface area contributed by atoms with Crippen molar-refractivity contribution >= 4 is 53.7 Å². The minimum absolute atomic E-state index is 0.0764. The Hall–Kier alpha value is 0.130. The number of nitrogens with zero attached hydrogens (tertiary/aromatic N) is 1. The minimum atomic E-state index is 0.0764. The van der Waals surface area contributed by atoms with E-state index in [1.807, 2.05) is 24.0 Å². The summed E-state index contributed by atoms with van der Waals surface area (Å²) in [6.07, 6.45) is 3.38. The molecule has 2 nitrogen and oxygen atoms in total. The highest BCUT2D eigenvalue weighted by Gasteiger charge is 2.18. The summed E-state index contributed by atoms with van der Waals surface area (Å²) in [4.78, 5) is 14.4. The quantitative estimate of drug-likeness (QED) is 0.402. The van der Waals surface area contributed by atoms with E-state index in [4.69, 9.17) is 0 Å². The van der Waals surface area contributed by atoms with Crippen LogP contribution in [0.3, 0.4) is 0 Å². The number of hydrogen-bond acceptors (Lipinski definition) is 1. The Morgan fingerprint density at radius 3 is 2.42 bits per heavy atom. The van der Waals surface area contributed by atoms with E-state index in [-0.39, 0.29) is 5.91 Å². The largest absolute Gasteiger partial charge is 0.339 e. The van der Waals surface area contributed by atoms with Crippen LogP contribution in [0.15, 0.2) is 25.6 Å². The van der Waals surface area contributed by atoms with Gasteiger partial charge in [-0.2, -0.15) is 0 Å². The van der Waals surface area contributed by atoms with E-state index >= 15 is 0 Å². The Morgan fingerprint density at radius 2 is 1.84 bits per heavy atom. The maximum Gasteiger partial charge on any atom is 0.255 e. The first-order chi connectivity index (χ1) is 9.01. The predicted molar refractivity (Wildman–Crippen MR) is 90.6 cm³/mol. The number of rotatable bonds is 6. The molecule has 0 aliphatic rings. The molecule has 1 amide bonds. The third kappa shape index (κ3) is 4.87. The molecule has 0 fully saturated rings. The Kier molecular flexibility index (Phi) is 7.62. The van der Waals surface area contributed by atoms with Crippen LogP contribution in [0.5, 0.6) is 0 Å². The molecule has 0 unspecified atom stereocenters. The number of benzene rings is 1. The van der Waals surface area contributed by atoms with Crippen molar-refractivity contribution in [2.24, 2.45) is 0 Å². The molecule has 0 N–H and O–H groups in total. The van der Waals surface area contributed by atoms with E-state index in [9.17, 15) is 4.79 Å². The van der Waals surface area contributed by atoms with Crippen LogP contribution >= 0.6 is 47.8 Å². The first-order valence-corrected chi connectivity index (χ1v) is 8.83. The van der Waals surface area contributed by atoms with Gasteiger partial charge in [-0.3, -0.25) is 4.79 Å². The first kappa shape index (κ1) is 17.2. The molecular weight excluding hydrogens is 438 g/mol. The van der Waals surface area contributed by atoms with Crippen LogP contribution in [-0.4, -0.2) is 23.9 Å². The highest BCUT2D eigenvalue weighted by atomic mass is 79.9. The van der Waals surface area contributed by atoms with E-state index in [2.05, 4.69) is 54.7 Å². The summed E-state index contributed by atoms with van der Waals surface area (Å²) in [6, 6.07) is 3.79. The Labute approximate surface area is 140 Å². The lowest BCUT2D eigenvalue weighted by atomic mass is 10.2. The number of carbonyl (C=O) groups excluding carboxylic acids is 1. The smallest absolute Gasteiger partial charge is 0.255 e. The first-order valence-electron chi connectivity index (χ1n) is 6.45. The van der Waals surface area contributed by atoms with Crippen LogP contribution in [0.25, 0.3) is 0 Å². The molecule has 0 bridgehead atoms. The van der Waals surface area contributed by atoms with Gasteiger partial charge in [-0.25, -0.2) is 0 Å². The monoisotopic (exact) mass is 453 g/mol. The van der Waals surface area contributed by atoms with E-state index in [1.54, 1.807) is 0 Å². The van der Waals surface area contributed by atoms with Gasteiger partial charge in [0.1, 0.15) is 0 Å². The molecule has 1 aromatic rings. The van der Waals surface area contributed by atoms with Gasteiger partial charge >= 0.3 is 0 Å². The molecular formula is C14H18Br3NO. The molecule has 19 heavy (non-hydrogen) atoms. The average molecular weight is 456 g/mol. The van der Waals surface area contributed by atoms with Gasteiger partial charge in [-0.05, 0) is 57.3 Å². The van der Waals surface area contributed by atoms with Gasteiger partial charge in [-0.15, -0.1) is 0 Å². The fourth-order valence-electron chi connectivity index (χ4n) is 1.84. The highest BCUT2D eigenvalue weighted by molar-refractivity contribution is 9.13. The van der Waals surface area contributed by atoms with Gasteiger partial charge in [0.2, 0.25) is 0 Å². The summed E-state index contributed by atoms with van der Waals surface area (Å²) in [6.45, 7) is 5.74. The lowest BCUT2D eigenvalue weighted by Crippen LogP contribution is -2.32. The molecule has 1 aromatic carbocycles. The zero-order valence-corrected chi connectivity index (χ0v) is 15.9. The van der Waals surface area contributed by atoms with Crippen molar-refractivity contribution in [1.82, 2.24) is 4.90 Å². The van der Waals surface area contributed by atoms with E-state index in [0.29, 0.717) is 5.56 Å². The van der Waals surface area contributed by atoms with Gasteiger partial charge in [0.15, 0.2) is 0 Å². The normalized spacial score (nSPS) is 10.6. The predicted octanol–water partition coefficient (Wildman–Crippen LogP) is 5.63. The lowest BCUT2D eigenvalue weighted by Gasteiger charge is -2.22. The van der Waals surface area contributed by atoms with Crippen molar-refractivity contribution in [3.63, 3.8) is 0 Å². The number of carbonyl (C=O) groups is 1. The van der Waals surface area contributed by atoms with E-state index in [1.165, 1.54) is 0 Å². The van der Waals surface area contributed by atoms with E-state index < -0.39 is 0 Å². The molecule has 106 valence electrons. The molecule has 0 heterocycles. The summed E-state index contributed by atoms with van der Waals surface area (Å²) < 4.78 is 2.60. The minimum Gasteiger partial charge on any atom is -0.339 e. The number of halogens is 3. The second-order valence-electron chi connectivity index (χ2n) is 4.34. The van der Waals surface area contributed by atoms with Crippen molar-refractivity contribution < 1.29 is 4.79 Å². The Morgan fingerprint density at radius 1 is 1.16 bits per heavy atom. The molecule has 0 saturated heterocycles. The topological polar surface area (TPSA) is 20.3 Å². The summed E-state index contributed by atoms with van der Waals surface area (Å²) >= 11 is 10.4. The second-order valence-corrected chi connectivity index (χ2v) is 6.90. The van der Waals surface area contributed by atoms with Gasteiger partial charge in [-0.1, -0.05) is 35.7 Å². The van der Waals surface area contributed by atoms with Crippen LogP contribution < -0.4 is 0 Å². The Balaban J connectivity index is 2.91. The van der Waals surface area contributed by atoms with Gasteiger partial charge in [0, 0.05) is 26.5 Å². The summed E-state index contributed by atoms with van der Waals surface area (Å²) in [5, 5.41) is 0. The summed E-state index contributed by atoms with van der Waals surface area (Å²) in [5.74, 6) is 0.0764. The zero-order valence-electron chi connectivity index (χ0n) is 11.2. The van der Waals surface area contributed by atoms with Crippen LogP contribution in [0.2, 0.25) is 0 Å². The van der Waals surface area contributed by atoms with Crippen molar-refractivity contribution in [3.05, 3.63) is 31.1 Å². The fraction of sp³-hybridized carbons (Fsp3) is 0.500. The van der Waals surface area contributed by atoms with Crippen LogP contribution in [0.1, 0.15) is 43.5 Å². The summed E-state index contributed by atoms with van der Waals surface area (Å²) in [7, 11) is 0. The molecule has 0 spiro atoms. The SMILES string of the molecule is CCCCCN(CC)C(=O)c1cc(Br)cc(Br)c1Br. The van der Waals surface area contributed by atoms with Crippen molar-refractivity contribution in [1.29, 1.82) is 0 Å². The number of amides is 1. The maximum absolute atomic E-state index is 12.5. The standard InChI is InChI=1S/C14H18Br3NO/c1-3-5-6-7-18(4-2)14(19)11-8-10(15)9-12(16)13(11)17/h8-9H,3-7H2,1-2H3. The summed E-state index contributed by atoms with van der Waals surface area (Å²) in [5.41, 5.74) is 0.694. The second kappa shape index (κ2) is 8.42. The third-order valence-corrected chi connectivity index (χ3v) is 5.39. The zero-order chi connectivity index (χ0) is 14.4. The van der Waals surface area contributed by atoms with Crippen LogP contribution in [0.4, 0.5) is 0 Å². The van der Waals surface area contributed by atoms with Crippen molar-refractivity contribution in [2.75, 3.05) is 13.1 Å². The maximum atomic E-state index is 12.5. The lowest BCUT2D eigenvalue weighted by molar-refractivity contribution is 0.0760. The molecule has 0 saturated carbocycles. The van der Waals surface area contributed by atoms with Crippen LogP contribution in [-0.2, 0) is 0 Å². The van der Waals surface area contributed by atoms with Gasteiger partial charge in [0.25, 0.3) is 5.91 Å². The highest BCUT2D eigenvalue weighted by Crippen LogP contribution is 2.31. The van der Waals surface area contributed by atoms with Gasteiger partial charge < -0.3 is 4.90 Å². The van der Waals surface area contributed by atoms with Gasteiger partial charge in [0.05, 0.1) is 5.56 Å². The number of unbranched alkanes of at least 4 members (excludes halogenated alkanes) is 2. The molecule has 1 rings (SSSR count). The van der Waals surface area contributed by atoms with E-state index in [0.717, 1.165) is 45.8 Å². The molecule has 0 aliphatic carbocycles. The fourth-order valence-corrected chi connectivity index (χ4v) is 3.46. The molecule has 0 atom stereocenters.